The van der Waals surface area contributed by atoms with Crippen LogP contribution in [0.3, 0.4) is 0 Å². The molecule has 0 saturated carbocycles. The van der Waals surface area contributed by atoms with Crippen LogP contribution in [-0.4, -0.2) is 60.1 Å². The Bertz CT molecular complexity index is 1220. The van der Waals surface area contributed by atoms with E-state index in [-0.39, 0.29) is 19.1 Å². The average Bonchev–Trinajstić information content (AvgIpc) is 2.81. The van der Waals surface area contributed by atoms with Gasteiger partial charge in [0, 0.05) is 34.2 Å². The number of cyclic esters (lactones) is 1. The van der Waals surface area contributed by atoms with Crippen LogP contribution in [0.1, 0.15) is 0 Å². The number of hydrogen-bond acceptors (Lipinski definition) is 8. The Kier molecular flexibility index (Phi) is 7.04. The number of esters is 1. The summed E-state index contributed by atoms with van der Waals surface area (Å²) in [6, 6.07) is 11.5. The highest BCUT2D eigenvalue weighted by atomic mass is 79.9. The van der Waals surface area contributed by atoms with E-state index in [1.807, 2.05) is 36.4 Å². The third-order valence-corrected chi connectivity index (χ3v) is 5.46. The third-order valence-electron chi connectivity index (χ3n) is 4.97. The highest BCUT2D eigenvalue weighted by Gasteiger charge is 2.20. The number of halogens is 1. The van der Waals surface area contributed by atoms with Gasteiger partial charge in [-0.1, -0.05) is 28.1 Å². The summed E-state index contributed by atoms with van der Waals surface area (Å²) >= 11 is 3.47. The van der Waals surface area contributed by atoms with E-state index in [0.717, 1.165) is 26.8 Å². The standard InChI is InChI=1S/C23H22BrN5O4/c1-32-20-12-18-17(23(27-14-26-18)28-16-5-2-4-15(24)10-16)11-19(20)25-7-3-6-21(30)29-8-9-33-22(31)13-29/h2-6,10-12,14,25H,7-9,13H2,1H3,(H,26,27,28). The molecule has 1 aromatic heterocycles. The number of fused-ring (bicyclic) bond motifs is 1. The zero-order valence-electron chi connectivity index (χ0n) is 17.9. The third kappa shape index (κ3) is 5.58. The molecule has 1 aliphatic rings. The minimum absolute atomic E-state index is 0.0249. The second-order valence-corrected chi connectivity index (χ2v) is 8.11. The largest absolute Gasteiger partial charge is 0.495 e. The highest BCUT2D eigenvalue weighted by molar-refractivity contribution is 9.10. The maximum atomic E-state index is 12.2. The van der Waals surface area contributed by atoms with Gasteiger partial charge in [0.05, 0.1) is 24.9 Å². The van der Waals surface area contributed by atoms with Crippen LogP contribution in [0, 0.1) is 0 Å². The van der Waals surface area contributed by atoms with Crippen LogP contribution in [0.25, 0.3) is 10.9 Å². The maximum Gasteiger partial charge on any atom is 0.325 e. The minimum atomic E-state index is -0.392. The van der Waals surface area contributed by atoms with E-state index in [0.29, 0.717) is 24.7 Å². The zero-order valence-corrected chi connectivity index (χ0v) is 19.5. The van der Waals surface area contributed by atoms with E-state index in [1.54, 1.807) is 13.2 Å². The smallest absolute Gasteiger partial charge is 0.325 e. The van der Waals surface area contributed by atoms with Crippen molar-refractivity contribution in [1.82, 2.24) is 14.9 Å². The van der Waals surface area contributed by atoms with E-state index in [9.17, 15) is 9.59 Å². The van der Waals surface area contributed by atoms with Crippen LogP contribution in [0.4, 0.5) is 17.2 Å². The van der Waals surface area contributed by atoms with Crippen LogP contribution in [-0.2, 0) is 14.3 Å². The number of hydrogen-bond donors (Lipinski definition) is 2. The number of ether oxygens (including phenoxy) is 2. The first-order valence-corrected chi connectivity index (χ1v) is 11.0. The van der Waals surface area contributed by atoms with Crippen molar-refractivity contribution in [3.8, 4) is 5.75 Å². The molecular formula is C23H22BrN5O4. The van der Waals surface area contributed by atoms with Crippen LogP contribution in [0.15, 0.2) is 59.4 Å². The highest BCUT2D eigenvalue weighted by Crippen LogP contribution is 2.33. The Balaban J connectivity index is 1.50. The molecule has 0 atom stereocenters. The van der Waals surface area contributed by atoms with E-state index < -0.39 is 5.97 Å². The second kappa shape index (κ2) is 10.3. The molecule has 2 heterocycles. The Labute approximate surface area is 198 Å². The number of benzene rings is 2. The van der Waals surface area contributed by atoms with Crippen LogP contribution in [0.5, 0.6) is 5.75 Å². The number of anilines is 3. The lowest BCUT2D eigenvalue weighted by Crippen LogP contribution is -2.42. The van der Waals surface area contributed by atoms with Crippen molar-refractivity contribution in [3.05, 3.63) is 59.4 Å². The quantitative estimate of drug-likeness (QED) is 0.366. The number of amides is 1. The molecule has 0 unspecified atom stereocenters. The van der Waals surface area contributed by atoms with Crippen LogP contribution < -0.4 is 15.4 Å². The summed E-state index contributed by atoms with van der Waals surface area (Å²) in [5.74, 6) is 0.656. The number of morpholine rings is 1. The van der Waals surface area contributed by atoms with Crippen molar-refractivity contribution in [3.63, 3.8) is 0 Å². The number of rotatable bonds is 7. The molecule has 3 aromatic rings. The van der Waals surface area contributed by atoms with Crippen molar-refractivity contribution in [2.24, 2.45) is 0 Å². The second-order valence-electron chi connectivity index (χ2n) is 7.19. The van der Waals surface area contributed by atoms with Crippen molar-refractivity contribution >= 4 is 55.9 Å². The van der Waals surface area contributed by atoms with Gasteiger partial charge in [-0.25, -0.2) is 9.97 Å². The molecule has 33 heavy (non-hydrogen) atoms. The molecule has 1 amide bonds. The number of carbonyl (C=O) groups excluding carboxylic acids is 2. The number of nitrogens with zero attached hydrogens (tertiary/aromatic N) is 3. The molecule has 1 aliphatic heterocycles. The Hall–Kier alpha value is -3.66. The predicted octanol–water partition coefficient (Wildman–Crippen LogP) is 3.50. The molecule has 9 nitrogen and oxygen atoms in total. The summed E-state index contributed by atoms with van der Waals surface area (Å²) in [6.07, 6.45) is 4.65. The van der Waals surface area contributed by atoms with Gasteiger partial charge in [0.2, 0.25) is 5.91 Å². The monoisotopic (exact) mass is 511 g/mol. The normalized spacial score (nSPS) is 13.8. The summed E-state index contributed by atoms with van der Waals surface area (Å²) in [5.41, 5.74) is 2.35. The van der Waals surface area contributed by atoms with Crippen molar-refractivity contribution < 1.29 is 19.1 Å². The van der Waals surface area contributed by atoms with Crippen LogP contribution >= 0.6 is 15.9 Å². The predicted molar refractivity (Wildman–Crippen MR) is 129 cm³/mol. The lowest BCUT2D eigenvalue weighted by Gasteiger charge is -2.24. The van der Waals surface area contributed by atoms with E-state index in [4.69, 9.17) is 9.47 Å². The van der Waals surface area contributed by atoms with Crippen LogP contribution in [0.2, 0.25) is 0 Å². The first kappa shape index (κ1) is 22.5. The maximum absolute atomic E-state index is 12.2. The van der Waals surface area contributed by atoms with Crippen molar-refractivity contribution in [2.75, 3.05) is 44.0 Å². The topological polar surface area (TPSA) is 106 Å². The van der Waals surface area contributed by atoms with E-state index in [1.165, 1.54) is 17.3 Å². The Morgan fingerprint density at radius 2 is 2.18 bits per heavy atom. The summed E-state index contributed by atoms with van der Waals surface area (Å²) in [5, 5.41) is 7.39. The number of nitrogens with one attached hydrogen (secondary N) is 2. The molecule has 1 fully saturated rings. The van der Waals surface area contributed by atoms with Gasteiger partial charge < -0.3 is 25.0 Å². The summed E-state index contributed by atoms with van der Waals surface area (Å²) in [4.78, 5) is 33.8. The molecule has 10 heteroatoms. The molecular weight excluding hydrogens is 490 g/mol. The summed E-state index contributed by atoms with van der Waals surface area (Å²) in [7, 11) is 1.59. The van der Waals surface area contributed by atoms with Gasteiger partial charge in [-0.15, -0.1) is 0 Å². The first-order chi connectivity index (χ1) is 16.0. The van der Waals surface area contributed by atoms with Gasteiger partial charge in [-0.05, 0) is 24.3 Å². The summed E-state index contributed by atoms with van der Waals surface area (Å²) in [6.45, 7) is 0.981. The molecule has 0 aliphatic carbocycles. The van der Waals surface area contributed by atoms with Gasteiger partial charge in [-0.2, -0.15) is 0 Å². The number of aromatic nitrogens is 2. The van der Waals surface area contributed by atoms with Gasteiger partial charge >= 0.3 is 5.97 Å². The fourth-order valence-corrected chi connectivity index (χ4v) is 3.77. The average molecular weight is 512 g/mol. The van der Waals surface area contributed by atoms with Crippen molar-refractivity contribution in [1.29, 1.82) is 0 Å². The fourth-order valence-electron chi connectivity index (χ4n) is 3.37. The van der Waals surface area contributed by atoms with Gasteiger partial charge in [0.15, 0.2) is 0 Å². The molecule has 0 spiro atoms. The molecule has 170 valence electrons. The molecule has 0 bridgehead atoms. The summed E-state index contributed by atoms with van der Waals surface area (Å²) < 4.78 is 11.3. The lowest BCUT2D eigenvalue weighted by atomic mass is 10.2. The Morgan fingerprint density at radius 1 is 1.30 bits per heavy atom. The molecule has 1 saturated heterocycles. The molecule has 0 radical (unpaired) electrons. The van der Waals surface area contributed by atoms with Gasteiger partial charge in [0.25, 0.3) is 0 Å². The lowest BCUT2D eigenvalue weighted by molar-refractivity contribution is -0.155. The Morgan fingerprint density at radius 3 is 2.97 bits per heavy atom. The first-order valence-electron chi connectivity index (χ1n) is 10.2. The number of carbonyl (C=O) groups is 2. The fraction of sp³-hybridized carbons (Fsp3) is 0.217. The molecule has 2 aromatic carbocycles. The van der Waals surface area contributed by atoms with Gasteiger partial charge in [-0.3, -0.25) is 9.59 Å². The SMILES string of the molecule is COc1cc2ncnc(Nc3cccc(Br)c3)c2cc1NCC=CC(=O)N1CCOC(=O)C1. The zero-order chi connectivity index (χ0) is 23.2. The molecule has 4 rings (SSSR count). The molecule has 2 N–H and O–H groups in total. The minimum Gasteiger partial charge on any atom is -0.495 e. The number of methoxy groups -OCH3 is 1. The van der Waals surface area contributed by atoms with E-state index in [2.05, 4.69) is 36.5 Å². The van der Waals surface area contributed by atoms with E-state index >= 15 is 0 Å². The van der Waals surface area contributed by atoms with Crippen molar-refractivity contribution in [2.45, 2.75) is 0 Å². The van der Waals surface area contributed by atoms with Gasteiger partial charge in [0.1, 0.15) is 31.0 Å².